The van der Waals surface area contributed by atoms with Gasteiger partial charge in [-0.15, -0.1) is 0 Å². The maximum atomic E-state index is 13.3. The third kappa shape index (κ3) is 5.23. The summed E-state index contributed by atoms with van der Waals surface area (Å²) < 4.78 is 45.2. The van der Waals surface area contributed by atoms with Crippen molar-refractivity contribution < 1.29 is 32.9 Å². The van der Waals surface area contributed by atoms with Gasteiger partial charge >= 0.3 is 12.1 Å². The van der Waals surface area contributed by atoms with Gasteiger partial charge in [0.25, 0.3) is 0 Å². The summed E-state index contributed by atoms with van der Waals surface area (Å²) in [6.45, 7) is 2.32. The minimum Gasteiger partial charge on any atom is -0.511 e. The lowest BCUT2D eigenvalue weighted by Crippen LogP contribution is -2.40. The van der Waals surface area contributed by atoms with Gasteiger partial charge in [-0.1, -0.05) is 32.6 Å². The van der Waals surface area contributed by atoms with Crippen LogP contribution in [-0.4, -0.2) is 29.0 Å². The number of carboxylic acid groups (broad SMARTS) is 1. The molecule has 0 aromatic rings. The third-order valence-corrected chi connectivity index (χ3v) is 6.20. The number of alkyl halides is 3. The smallest absolute Gasteiger partial charge is 0.392 e. The number of ether oxygens (including phenoxy) is 1. The van der Waals surface area contributed by atoms with Gasteiger partial charge in [0.15, 0.2) is 0 Å². The Balaban J connectivity index is 2.25. The van der Waals surface area contributed by atoms with Gasteiger partial charge in [0.1, 0.15) is 17.8 Å². The Bertz CT molecular complexity index is 591. The molecule has 2 atom stereocenters. The summed E-state index contributed by atoms with van der Waals surface area (Å²) in [5.41, 5.74) is -1.54. The van der Waals surface area contributed by atoms with E-state index in [2.05, 4.69) is 0 Å². The third-order valence-electron chi connectivity index (χ3n) is 6.20. The largest absolute Gasteiger partial charge is 0.511 e. The van der Waals surface area contributed by atoms with Crippen LogP contribution in [0, 0.1) is 17.3 Å². The molecule has 1 saturated carbocycles. The van der Waals surface area contributed by atoms with Gasteiger partial charge in [0.05, 0.1) is 11.7 Å². The lowest BCUT2D eigenvalue weighted by Gasteiger charge is -2.35. The van der Waals surface area contributed by atoms with Gasteiger partial charge in [0, 0.05) is 6.42 Å². The van der Waals surface area contributed by atoms with E-state index in [0.717, 1.165) is 18.9 Å². The molecule has 1 heterocycles. The van der Waals surface area contributed by atoms with E-state index in [-0.39, 0.29) is 18.8 Å². The van der Waals surface area contributed by atoms with Crippen LogP contribution in [0.3, 0.4) is 0 Å². The van der Waals surface area contributed by atoms with Crippen LogP contribution in [0.15, 0.2) is 23.7 Å². The standard InChI is InChI=1S/C21H31F3O4/c1-2-3-6-16(21(22,23)24)9-10-18(25)20(19(26)27,15-7-4-5-8-15)13-11-17-12-14-28-17/h10,12,15-16,25H,2-9,11,13-14H2,1H3,(H,26,27)/b18-10+/t16?,20-/m1/s1. The molecule has 0 amide bonds. The maximum Gasteiger partial charge on any atom is 0.392 e. The van der Waals surface area contributed by atoms with Crippen molar-refractivity contribution in [2.45, 2.75) is 77.3 Å². The van der Waals surface area contributed by atoms with E-state index < -0.39 is 35.7 Å². The second-order valence-electron chi connectivity index (χ2n) is 7.95. The SMILES string of the molecule is CCCCC(C/C=C(/O)[C@](CCC1=CCO1)(C(=O)O)C1CCCC1)C(F)(F)F. The zero-order valence-corrected chi connectivity index (χ0v) is 16.4. The van der Waals surface area contributed by atoms with Crippen molar-refractivity contribution >= 4 is 5.97 Å². The number of halogens is 3. The zero-order valence-electron chi connectivity index (χ0n) is 16.4. The van der Waals surface area contributed by atoms with Crippen LogP contribution < -0.4 is 0 Å². The van der Waals surface area contributed by atoms with E-state index in [1.807, 2.05) is 13.0 Å². The Morgan fingerprint density at radius 2 is 1.96 bits per heavy atom. The number of rotatable bonds is 11. The molecule has 1 unspecified atom stereocenters. The molecule has 2 N–H and O–H groups in total. The Morgan fingerprint density at radius 1 is 1.32 bits per heavy atom. The van der Waals surface area contributed by atoms with E-state index in [1.54, 1.807) is 0 Å². The van der Waals surface area contributed by atoms with E-state index in [0.29, 0.717) is 44.5 Å². The number of aliphatic hydroxyl groups excluding tert-OH is 1. The monoisotopic (exact) mass is 404 g/mol. The first-order chi connectivity index (χ1) is 13.2. The predicted octanol–water partition coefficient (Wildman–Crippen LogP) is 6.14. The van der Waals surface area contributed by atoms with Crippen LogP contribution in [0.1, 0.15) is 71.1 Å². The van der Waals surface area contributed by atoms with Crippen molar-refractivity contribution in [1.29, 1.82) is 0 Å². The minimum atomic E-state index is -4.37. The summed E-state index contributed by atoms with van der Waals surface area (Å²) in [5.74, 6) is -2.74. The average molecular weight is 404 g/mol. The number of carboxylic acids is 1. The van der Waals surface area contributed by atoms with Gasteiger partial charge in [-0.3, -0.25) is 4.79 Å². The molecule has 0 radical (unpaired) electrons. The predicted molar refractivity (Wildman–Crippen MR) is 99.7 cm³/mol. The van der Waals surface area contributed by atoms with Crippen molar-refractivity contribution in [3.05, 3.63) is 23.7 Å². The van der Waals surface area contributed by atoms with Crippen molar-refractivity contribution in [3.63, 3.8) is 0 Å². The molecule has 0 bridgehead atoms. The van der Waals surface area contributed by atoms with Crippen LogP contribution in [-0.2, 0) is 9.53 Å². The lowest BCUT2D eigenvalue weighted by atomic mass is 9.69. The van der Waals surface area contributed by atoms with E-state index >= 15 is 0 Å². The van der Waals surface area contributed by atoms with Gasteiger partial charge in [-0.25, -0.2) is 0 Å². The van der Waals surface area contributed by atoms with Gasteiger partial charge < -0.3 is 14.9 Å². The normalized spacial score (nSPS) is 21.4. The molecule has 2 rings (SSSR count). The van der Waals surface area contributed by atoms with Crippen LogP contribution >= 0.6 is 0 Å². The number of allylic oxidation sites excluding steroid dienone is 2. The molecule has 160 valence electrons. The molecule has 28 heavy (non-hydrogen) atoms. The molecule has 0 saturated heterocycles. The Morgan fingerprint density at radius 3 is 2.43 bits per heavy atom. The molecule has 2 aliphatic rings. The van der Waals surface area contributed by atoms with E-state index in [4.69, 9.17) is 4.74 Å². The number of aliphatic carboxylic acids is 1. The highest BCUT2D eigenvalue weighted by Gasteiger charge is 2.50. The molecule has 4 nitrogen and oxygen atoms in total. The van der Waals surface area contributed by atoms with Crippen molar-refractivity contribution in [1.82, 2.24) is 0 Å². The van der Waals surface area contributed by atoms with E-state index in [9.17, 15) is 28.2 Å². The highest BCUT2D eigenvalue weighted by Crippen LogP contribution is 2.49. The zero-order chi connectivity index (χ0) is 20.8. The van der Waals surface area contributed by atoms with Gasteiger partial charge in [-0.2, -0.15) is 13.2 Å². The first kappa shape index (κ1) is 22.6. The molecule has 1 fully saturated rings. The topological polar surface area (TPSA) is 66.8 Å². The second kappa shape index (κ2) is 9.70. The number of unbranched alkanes of at least 4 members (excludes halogenated alkanes) is 1. The summed E-state index contributed by atoms with van der Waals surface area (Å²) >= 11 is 0. The molecular weight excluding hydrogens is 373 g/mol. The molecular formula is C21H31F3O4. The van der Waals surface area contributed by atoms with Gasteiger partial charge in [-0.05, 0) is 50.2 Å². The number of aliphatic hydroxyl groups is 1. The molecule has 1 aliphatic heterocycles. The fraction of sp³-hybridized carbons (Fsp3) is 0.762. The highest BCUT2D eigenvalue weighted by atomic mass is 19.4. The van der Waals surface area contributed by atoms with Crippen molar-refractivity contribution in [2.75, 3.05) is 6.61 Å². The fourth-order valence-electron chi connectivity index (χ4n) is 4.35. The molecule has 7 heteroatoms. The summed E-state index contributed by atoms with van der Waals surface area (Å²) in [6.07, 6.45) is 2.83. The summed E-state index contributed by atoms with van der Waals surface area (Å²) in [5, 5.41) is 20.8. The minimum absolute atomic E-state index is 0.0198. The Kier molecular flexibility index (Phi) is 7.84. The van der Waals surface area contributed by atoms with Crippen LogP contribution in [0.2, 0.25) is 0 Å². The molecule has 1 aliphatic carbocycles. The summed E-state index contributed by atoms with van der Waals surface area (Å²) in [6, 6.07) is 0. The van der Waals surface area contributed by atoms with Crippen LogP contribution in [0.5, 0.6) is 0 Å². The first-order valence-corrected chi connectivity index (χ1v) is 10.2. The Hall–Kier alpha value is -1.66. The van der Waals surface area contributed by atoms with E-state index in [1.165, 1.54) is 0 Å². The average Bonchev–Trinajstić information content (AvgIpc) is 3.10. The summed E-state index contributed by atoms with van der Waals surface area (Å²) in [7, 11) is 0. The first-order valence-electron chi connectivity index (χ1n) is 10.2. The summed E-state index contributed by atoms with van der Waals surface area (Å²) in [4.78, 5) is 12.3. The quantitative estimate of drug-likeness (QED) is 0.406. The van der Waals surface area contributed by atoms with Gasteiger partial charge in [0.2, 0.25) is 0 Å². The number of carbonyl (C=O) groups is 1. The highest BCUT2D eigenvalue weighted by molar-refractivity contribution is 5.78. The second-order valence-corrected chi connectivity index (χ2v) is 7.95. The maximum absolute atomic E-state index is 13.3. The fourth-order valence-corrected chi connectivity index (χ4v) is 4.35. The molecule has 0 aromatic carbocycles. The number of hydrogen-bond donors (Lipinski definition) is 2. The number of hydrogen-bond acceptors (Lipinski definition) is 3. The van der Waals surface area contributed by atoms with Crippen molar-refractivity contribution in [2.24, 2.45) is 17.3 Å². The molecule has 0 aromatic heterocycles. The van der Waals surface area contributed by atoms with Crippen LogP contribution in [0.4, 0.5) is 13.2 Å². The Labute approximate surface area is 164 Å². The molecule has 0 spiro atoms. The van der Waals surface area contributed by atoms with Crippen molar-refractivity contribution in [3.8, 4) is 0 Å². The van der Waals surface area contributed by atoms with Crippen LogP contribution in [0.25, 0.3) is 0 Å². The lowest BCUT2D eigenvalue weighted by molar-refractivity contribution is -0.175.